The number of halogens is 2. The van der Waals surface area contributed by atoms with Crippen LogP contribution in [0.4, 0.5) is 14.5 Å². The van der Waals surface area contributed by atoms with E-state index in [0.29, 0.717) is 13.1 Å². The van der Waals surface area contributed by atoms with Crippen LogP contribution in [0.25, 0.3) is 0 Å². The lowest BCUT2D eigenvalue weighted by molar-refractivity contribution is 0.570. The van der Waals surface area contributed by atoms with Gasteiger partial charge in [0, 0.05) is 12.7 Å². The fraction of sp³-hybridized carbons (Fsp3) is 0.200. The third-order valence-corrected chi connectivity index (χ3v) is 2.92. The van der Waals surface area contributed by atoms with E-state index in [-0.39, 0.29) is 11.3 Å². The van der Waals surface area contributed by atoms with Gasteiger partial charge in [-0.2, -0.15) is 5.26 Å². The van der Waals surface area contributed by atoms with Crippen molar-refractivity contribution in [1.29, 1.82) is 5.26 Å². The molecule has 1 heterocycles. The highest BCUT2D eigenvalue weighted by Gasteiger charge is 2.17. The fourth-order valence-corrected chi connectivity index (χ4v) is 1.97. The second-order valence-corrected chi connectivity index (χ2v) is 4.24. The highest BCUT2D eigenvalue weighted by molar-refractivity contribution is 5.52. The maximum atomic E-state index is 14.0. The highest BCUT2D eigenvalue weighted by Crippen LogP contribution is 2.26. The summed E-state index contributed by atoms with van der Waals surface area (Å²) >= 11 is 0. The molecule has 0 atom stereocenters. The number of nitriles is 1. The van der Waals surface area contributed by atoms with Crippen LogP contribution in [0.3, 0.4) is 0 Å². The average molecular weight is 273 g/mol. The molecule has 0 amide bonds. The van der Waals surface area contributed by atoms with E-state index < -0.39 is 11.6 Å². The first-order valence-electron chi connectivity index (χ1n) is 6.19. The average Bonchev–Trinajstić information content (AvgIpc) is 2.46. The summed E-state index contributed by atoms with van der Waals surface area (Å²) in [5.74, 6) is -1.47. The second kappa shape index (κ2) is 6.11. The number of hydrogen-bond acceptors (Lipinski definition) is 3. The summed E-state index contributed by atoms with van der Waals surface area (Å²) < 4.78 is 28.0. The summed E-state index contributed by atoms with van der Waals surface area (Å²) in [4.78, 5) is 5.70. The molecule has 1 aromatic heterocycles. The molecule has 2 aromatic rings. The summed E-state index contributed by atoms with van der Waals surface area (Å²) in [5, 5.41) is 8.70. The largest absolute Gasteiger partial charge is 0.361 e. The zero-order chi connectivity index (χ0) is 14.5. The molecule has 0 saturated heterocycles. The van der Waals surface area contributed by atoms with E-state index in [1.807, 2.05) is 6.07 Å². The fourth-order valence-electron chi connectivity index (χ4n) is 1.97. The van der Waals surface area contributed by atoms with Gasteiger partial charge in [-0.05, 0) is 31.2 Å². The Hall–Kier alpha value is -2.48. The first-order valence-corrected chi connectivity index (χ1v) is 6.19. The lowest BCUT2D eigenvalue weighted by Gasteiger charge is -2.23. The number of rotatable bonds is 4. The van der Waals surface area contributed by atoms with E-state index in [4.69, 9.17) is 5.26 Å². The quantitative estimate of drug-likeness (QED) is 0.858. The molecule has 0 N–H and O–H groups in total. The molecule has 0 spiro atoms. The van der Waals surface area contributed by atoms with Gasteiger partial charge in [0.15, 0.2) is 11.6 Å². The van der Waals surface area contributed by atoms with E-state index in [1.54, 1.807) is 36.2 Å². The second-order valence-electron chi connectivity index (χ2n) is 4.24. The van der Waals surface area contributed by atoms with Gasteiger partial charge in [-0.15, -0.1) is 0 Å². The van der Waals surface area contributed by atoms with Gasteiger partial charge in [0.25, 0.3) is 0 Å². The zero-order valence-electron chi connectivity index (χ0n) is 11.0. The molecule has 0 fully saturated rings. The van der Waals surface area contributed by atoms with Crippen LogP contribution in [-0.4, -0.2) is 11.5 Å². The molecular formula is C15H13F2N3. The van der Waals surface area contributed by atoms with Gasteiger partial charge in [-0.25, -0.2) is 8.78 Å². The molecule has 0 bridgehead atoms. The van der Waals surface area contributed by atoms with Crippen molar-refractivity contribution in [3.05, 3.63) is 59.4 Å². The minimum Gasteiger partial charge on any atom is -0.361 e. The summed E-state index contributed by atoms with van der Waals surface area (Å²) in [6.07, 6.45) is 1.63. The smallest absolute Gasteiger partial charge is 0.150 e. The van der Waals surface area contributed by atoms with Crippen molar-refractivity contribution in [3.8, 4) is 6.07 Å². The number of pyridine rings is 1. The van der Waals surface area contributed by atoms with Gasteiger partial charge in [-0.3, -0.25) is 4.98 Å². The first-order chi connectivity index (χ1) is 9.65. The van der Waals surface area contributed by atoms with Crippen molar-refractivity contribution < 1.29 is 8.78 Å². The Labute approximate surface area is 116 Å². The third kappa shape index (κ3) is 2.91. The molecule has 5 heteroatoms. The Balaban J connectivity index is 2.35. The maximum Gasteiger partial charge on any atom is 0.150 e. The lowest BCUT2D eigenvalue weighted by Crippen LogP contribution is -2.25. The predicted octanol–water partition coefficient (Wildman–Crippen LogP) is 3.26. The Bertz CT molecular complexity index is 612. The molecule has 0 radical (unpaired) electrons. The van der Waals surface area contributed by atoms with Gasteiger partial charge >= 0.3 is 0 Å². The minimum absolute atomic E-state index is 0.0300. The van der Waals surface area contributed by atoms with Crippen LogP contribution in [0, 0.1) is 23.0 Å². The van der Waals surface area contributed by atoms with Crippen molar-refractivity contribution in [2.75, 3.05) is 11.4 Å². The molecule has 0 aliphatic rings. The standard InChI is InChI=1S/C15H13F2N3/c1-2-20(10-12-5-3-4-6-19-12)15-13(16)7-11(9-18)8-14(15)17/h3-8H,2,10H2,1H3. The topological polar surface area (TPSA) is 39.9 Å². The van der Waals surface area contributed by atoms with Crippen molar-refractivity contribution in [2.24, 2.45) is 0 Å². The van der Waals surface area contributed by atoms with E-state index >= 15 is 0 Å². The van der Waals surface area contributed by atoms with Gasteiger partial charge in [0.2, 0.25) is 0 Å². The van der Waals surface area contributed by atoms with E-state index in [2.05, 4.69) is 4.98 Å². The summed E-state index contributed by atoms with van der Waals surface area (Å²) in [7, 11) is 0. The molecule has 0 unspecified atom stereocenters. The number of aromatic nitrogens is 1. The van der Waals surface area contributed by atoms with Crippen molar-refractivity contribution in [1.82, 2.24) is 4.98 Å². The number of hydrogen-bond donors (Lipinski definition) is 0. The molecule has 3 nitrogen and oxygen atoms in total. The number of anilines is 1. The Morgan fingerprint density at radius 2 is 1.95 bits per heavy atom. The van der Waals surface area contributed by atoms with Crippen LogP contribution in [0.15, 0.2) is 36.5 Å². The van der Waals surface area contributed by atoms with E-state index in [1.165, 1.54) is 0 Å². The molecule has 0 aliphatic heterocycles. The van der Waals surface area contributed by atoms with Crippen molar-refractivity contribution in [3.63, 3.8) is 0 Å². The van der Waals surface area contributed by atoms with Crippen LogP contribution in [0.5, 0.6) is 0 Å². The number of nitrogens with zero attached hydrogens (tertiary/aromatic N) is 3. The highest BCUT2D eigenvalue weighted by atomic mass is 19.1. The van der Waals surface area contributed by atoms with Crippen LogP contribution in [0.1, 0.15) is 18.2 Å². The predicted molar refractivity (Wildman–Crippen MR) is 72.0 cm³/mol. The lowest BCUT2D eigenvalue weighted by atomic mass is 10.1. The van der Waals surface area contributed by atoms with Crippen LogP contribution in [-0.2, 0) is 6.54 Å². The van der Waals surface area contributed by atoms with E-state index in [9.17, 15) is 8.78 Å². The summed E-state index contributed by atoms with van der Waals surface area (Å²) in [6, 6.07) is 9.21. The number of benzene rings is 1. The van der Waals surface area contributed by atoms with Crippen LogP contribution < -0.4 is 4.90 Å². The molecule has 20 heavy (non-hydrogen) atoms. The molecule has 102 valence electrons. The maximum absolute atomic E-state index is 14.0. The van der Waals surface area contributed by atoms with Gasteiger partial charge in [-0.1, -0.05) is 6.07 Å². The normalized spacial score (nSPS) is 10.1. The summed E-state index contributed by atoms with van der Waals surface area (Å²) in [6.45, 7) is 2.54. The van der Waals surface area contributed by atoms with E-state index in [0.717, 1.165) is 17.8 Å². The molecule has 0 aliphatic carbocycles. The monoisotopic (exact) mass is 273 g/mol. The minimum atomic E-state index is -0.737. The Morgan fingerprint density at radius 1 is 1.25 bits per heavy atom. The van der Waals surface area contributed by atoms with Gasteiger partial charge in [0.05, 0.1) is 23.9 Å². The molecule has 0 saturated carbocycles. The molecule has 1 aromatic carbocycles. The van der Waals surface area contributed by atoms with Gasteiger partial charge < -0.3 is 4.90 Å². The first kappa shape index (κ1) is 13.9. The van der Waals surface area contributed by atoms with Crippen LogP contribution in [0.2, 0.25) is 0 Å². The third-order valence-electron chi connectivity index (χ3n) is 2.92. The van der Waals surface area contributed by atoms with Gasteiger partial charge in [0.1, 0.15) is 5.69 Å². The zero-order valence-corrected chi connectivity index (χ0v) is 11.0. The Morgan fingerprint density at radius 3 is 2.45 bits per heavy atom. The van der Waals surface area contributed by atoms with Crippen molar-refractivity contribution >= 4 is 5.69 Å². The summed E-state index contributed by atoms with van der Waals surface area (Å²) in [5.41, 5.74) is 0.562. The van der Waals surface area contributed by atoms with Crippen molar-refractivity contribution in [2.45, 2.75) is 13.5 Å². The molecule has 2 rings (SSSR count). The Kier molecular flexibility index (Phi) is 4.26. The SMILES string of the molecule is CCN(Cc1ccccn1)c1c(F)cc(C#N)cc1F. The van der Waals surface area contributed by atoms with Crippen LogP contribution >= 0.6 is 0 Å². The molecular weight excluding hydrogens is 260 g/mol.